The van der Waals surface area contributed by atoms with Crippen LogP contribution >= 0.6 is 0 Å². The van der Waals surface area contributed by atoms with Crippen molar-refractivity contribution in [3.05, 3.63) is 182 Å². The zero-order chi connectivity index (χ0) is 41.9. The van der Waals surface area contributed by atoms with Gasteiger partial charge in [-0.15, -0.1) is 0 Å². The largest absolute Gasteiger partial charge is 0.456 e. The molecule has 0 bridgehead atoms. The number of hydrogen-bond donors (Lipinski definition) is 0. The Hall–Kier alpha value is -6.44. The SMILES string of the molecule is [2H]c1c([2H])c([2H])c(-c2c([2H])c([2H])c([2H])c3oc4c([2H])c([2H])c(-c5ccc(-c6c7ccccc7c(-c7ccccc7)c7ccccc67)c6ccccc56)c([2H])c4c23)c([2H])c1[2H]. The maximum Gasteiger partial charge on any atom is 0.136 e. The molecule has 1 nitrogen and oxygen atoms in total. The number of furan rings is 1. The van der Waals surface area contributed by atoms with E-state index in [1.165, 1.54) is 0 Å². The van der Waals surface area contributed by atoms with Crippen molar-refractivity contribution in [3.63, 3.8) is 0 Å². The minimum Gasteiger partial charge on any atom is -0.456 e. The Morgan fingerprint density at radius 3 is 1.63 bits per heavy atom. The Kier molecular flexibility index (Phi) is 4.25. The quantitative estimate of drug-likeness (QED) is 0.176. The summed E-state index contributed by atoms with van der Waals surface area (Å²) >= 11 is 0. The van der Waals surface area contributed by atoms with Crippen molar-refractivity contribution >= 4 is 54.3 Å². The van der Waals surface area contributed by atoms with E-state index >= 15 is 0 Å². The smallest absolute Gasteiger partial charge is 0.136 e. The maximum absolute atomic E-state index is 9.78. The van der Waals surface area contributed by atoms with Crippen LogP contribution in [0.3, 0.4) is 0 Å². The Morgan fingerprint density at radius 2 is 0.939 bits per heavy atom. The van der Waals surface area contributed by atoms with E-state index in [0.717, 1.165) is 49.2 Å². The lowest BCUT2D eigenvalue weighted by molar-refractivity contribution is 0.669. The van der Waals surface area contributed by atoms with Gasteiger partial charge in [0.1, 0.15) is 11.2 Å². The molecule has 1 heteroatoms. The molecule has 0 N–H and O–H groups in total. The third-order valence-electron chi connectivity index (χ3n) is 9.28. The highest BCUT2D eigenvalue weighted by Crippen LogP contribution is 2.47. The summed E-state index contributed by atoms with van der Waals surface area (Å²) in [5, 5.41) is 5.61. The lowest BCUT2D eigenvalue weighted by Gasteiger charge is -2.19. The molecule has 0 aliphatic heterocycles. The fraction of sp³-hybridized carbons (Fsp3) is 0. The van der Waals surface area contributed by atoms with Crippen molar-refractivity contribution in [1.82, 2.24) is 0 Å². The number of fused-ring (bicyclic) bond motifs is 6. The number of benzene rings is 9. The first-order chi connectivity index (χ1) is 28.9. The van der Waals surface area contributed by atoms with Gasteiger partial charge in [-0.2, -0.15) is 0 Å². The standard InChI is InChI=1S/C48H30O/c1-3-14-31(15-4-1)35-24-13-25-45-48(35)43-30-33(26-29-44(43)49-45)34-27-28-42(37-19-8-7-18-36(34)37)47-40-22-11-9-20-38(40)46(32-16-5-2-6-17-32)39-21-10-12-23-41(39)47/h1-30H/i1D,3D,4D,13D,14D,15D,24D,25D,26D,29D,30D. The molecular weight excluding hydrogens is 593 g/mol. The summed E-state index contributed by atoms with van der Waals surface area (Å²) < 4.78 is 103. The van der Waals surface area contributed by atoms with Crippen molar-refractivity contribution in [2.45, 2.75) is 0 Å². The molecule has 0 atom stereocenters. The van der Waals surface area contributed by atoms with Gasteiger partial charge in [-0.1, -0.05) is 164 Å². The van der Waals surface area contributed by atoms with Gasteiger partial charge in [0.25, 0.3) is 0 Å². The summed E-state index contributed by atoms with van der Waals surface area (Å²) in [6, 6.07) is 32.5. The van der Waals surface area contributed by atoms with Gasteiger partial charge < -0.3 is 4.42 Å². The van der Waals surface area contributed by atoms with Gasteiger partial charge in [0.15, 0.2) is 0 Å². The molecule has 0 aliphatic rings. The third-order valence-corrected chi connectivity index (χ3v) is 9.28. The molecule has 0 fully saturated rings. The van der Waals surface area contributed by atoms with Crippen LogP contribution in [-0.2, 0) is 0 Å². The molecule has 1 aromatic heterocycles. The van der Waals surface area contributed by atoms with Gasteiger partial charge in [0, 0.05) is 10.8 Å². The number of rotatable bonds is 4. The van der Waals surface area contributed by atoms with E-state index in [9.17, 15) is 4.11 Å². The van der Waals surface area contributed by atoms with E-state index in [0.29, 0.717) is 10.9 Å². The molecule has 228 valence electrons. The van der Waals surface area contributed by atoms with Crippen LogP contribution in [0.4, 0.5) is 0 Å². The Bertz CT molecular complexity index is 3420. The van der Waals surface area contributed by atoms with E-state index < -0.39 is 54.4 Å². The van der Waals surface area contributed by atoms with Crippen molar-refractivity contribution in [2.24, 2.45) is 0 Å². The molecular formula is C48H30O. The summed E-state index contributed by atoms with van der Waals surface area (Å²) in [5.41, 5.74) is 3.51. The predicted octanol–water partition coefficient (Wildman–Crippen LogP) is 13.7. The Labute approximate surface area is 299 Å². The van der Waals surface area contributed by atoms with E-state index in [2.05, 4.69) is 36.4 Å². The molecule has 0 amide bonds. The molecule has 9 aromatic carbocycles. The van der Waals surface area contributed by atoms with Crippen LogP contribution in [0, 0.1) is 0 Å². The van der Waals surface area contributed by atoms with Crippen LogP contribution in [0.25, 0.3) is 98.8 Å². The van der Waals surface area contributed by atoms with E-state index in [1.807, 2.05) is 78.9 Å². The van der Waals surface area contributed by atoms with Crippen molar-refractivity contribution in [2.75, 3.05) is 0 Å². The van der Waals surface area contributed by atoms with Crippen LogP contribution in [0.1, 0.15) is 15.1 Å². The average Bonchev–Trinajstić information content (AvgIpc) is 3.68. The van der Waals surface area contributed by atoms with Gasteiger partial charge >= 0.3 is 0 Å². The zero-order valence-electron chi connectivity index (χ0n) is 36.9. The van der Waals surface area contributed by atoms with Crippen LogP contribution in [0.5, 0.6) is 0 Å². The predicted molar refractivity (Wildman–Crippen MR) is 208 cm³/mol. The molecule has 0 aliphatic carbocycles. The topological polar surface area (TPSA) is 13.1 Å². The lowest BCUT2D eigenvalue weighted by atomic mass is 9.84. The third kappa shape index (κ3) is 4.33. The van der Waals surface area contributed by atoms with Crippen molar-refractivity contribution in [1.29, 1.82) is 0 Å². The molecule has 1 heterocycles. The van der Waals surface area contributed by atoms with Crippen molar-refractivity contribution in [3.8, 4) is 44.5 Å². The molecule has 0 radical (unpaired) electrons. The fourth-order valence-electron chi connectivity index (χ4n) is 7.22. The normalized spacial score (nSPS) is 14.8. The Morgan fingerprint density at radius 1 is 0.347 bits per heavy atom. The summed E-state index contributed by atoms with van der Waals surface area (Å²) in [4.78, 5) is 0. The zero-order valence-corrected chi connectivity index (χ0v) is 25.9. The van der Waals surface area contributed by atoms with E-state index in [-0.39, 0.29) is 50.7 Å². The van der Waals surface area contributed by atoms with Crippen LogP contribution < -0.4 is 0 Å². The highest BCUT2D eigenvalue weighted by molar-refractivity contribution is 6.24. The van der Waals surface area contributed by atoms with Gasteiger partial charge in [-0.05, 0) is 95.0 Å². The van der Waals surface area contributed by atoms with Crippen LogP contribution in [-0.4, -0.2) is 0 Å². The van der Waals surface area contributed by atoms with E-state index in [1.54, 1.807) is 0 Å². The molecule has 0 spiro atoms. The summed E-state index contributed by atoms with van der Waals surface area (Å²) in [6.45, 7) is 0. The monoisotopic (exact) mass is 633 g/mol. The highest BCUT2D eigenvalue weighted by Gasteiger charge is 2.19. The minimum absolute atomic E-state index is 0.0635. The molecule has 49 heavy (non-hydrogen) atoms. The lowest BCUT2D eigenvalue weighted by Crippen LogP contribution is -1.92. The first kappa shape index (κ1) is 18.8. The highest BCUT2D eigenvalue weighted by atomic mass is 16.3. The summed E-state index contributed by atoms with van der Waals surface area (Å²) in [5.74, 6) is 0. The molecule has 0 unspecified atom stereocenters. The average molecular weight is 634 g/mol. The molecule has 0 saturated heterocycles. The molecule has 10 aromatic rings. The second kappa shape index (κ2) is 11.1. The van der Waals surface area contributed by atoms with Gasteiger partial charge in [-0.3, -0.25) is 0 Å². The van der Waals surface area contributed by atoms with Crippen molar-refractivity contribution < 1.29 is 19.5 Å². The van der Waals surface area contributed by atoms with Gasteiger partial charge in [-0.25, -0.2) is 0 Å². The van der Waals surface area contributed by atoms with Gasteiger partial charge in [0.05, 0.1) is 15.1 Å². The fourth-order valence-corrected chi connectivity index (χ4v) is 7.22. The second-order valence-electron chi connectivity index (χ2n) is 11.9. The van der Waals surface area contributed by atoms with E-state index in [4.69, 9.17) is 15.4 Å². The summed E-state index contributed by atoms with van der Waals surface area (Å²) in [7, 11) is 0. The molecule has 10 rings (SSSR count). The minimum atomic E-state index is -0.656. The maximum atomic E-state index is 9.78. The second-order valence-corrected chi connectivity index (χ2v) is 11.9. The number of hydrogen-bond acceptors (Lipinski definition) is 1. The molecule has 0 saturated carbocycles. The van der Waals surface area contributed by atoms with Crippen LogP contribution in [0.2, 0.25) is 0 Å². The first-order valence-electron chi connectivity index (χ1n) is 21.5. The Balaban J connectivity index is 1.30. The first-order valence-corrected chi connectivity index (χ1v) is 16.0. The van der Waals surface area contributed by atoms with Gasteiger partial charge in [0.2, 0.25) is 0 Å². The summed E-state index contributed by atoms with van der Waals surface area (Å²) in [6.07, 6.45) is 0. The van der Waals surface area contributed by atoms with Crippen LogP contribution in [0.15, 0.2) is 186 Å².